The molecular formula is C34H25NO2. The minimum absolute atomic E-state index is 0.833. The van der Waals surface area contributed by atoms with Crippen LogP contribution in [0.3, 0.4) is 0 Å². The van der Waals surface area contributed by atoms with Crippen molar-refractivity contribution < 1.29 is 9.47 Å². The Balaban J connectivity index is 1.61. The van der Waals surface area contributed by atoms with Crippen LogP contribution in [0.4, 0.5) is 17.1 Å². The molecule has 3 nitrogen and oxygen atoms in total. The molecule has 0 bridgehead atoms. The van der Waals surface area contributed by atoms with Gasteiger partial charge in [-0.25, -0.2) is 0 Å². The molecule has 1 aliphatic carbocycles. The summed E-state index contributed by atoms with van der Waals surface area (Å²) in [5.74, 6) is 1.67. The van der Waals surface area contributed by atoms with Gasteiger partial charge in [-0.2, -0.15) is 0 Å². The molecule has 0 unspecified atom stereocenters. The second-order valence-electron chi connectivity index (χ2n) is 9.27. The second-order valence-corrected chi connectivity index (χ2v) is 9.27. The Labute approximate surface area is 216 Å². The number of hydrogen-bond donors (Lipinski definition) is 0. The van der Waals surface area contributed by atoms with Crippen LogP contribution in [0.5, 0.6) is 11.5 Å². The summed E-state index contributed by atoms with van der Waals surface area (Å²) < 4.78 is 10.9. The number of nitrogens with zero attached hydrogens (tertiary/aromatic N) is 1. The SMILES string of the molecule is COc1ccc(N(c2ccc(OC)cc2)c2c3ccccc3c3c4c(cccc24)-c2ccccc2-3)cc1. The summed E-state index contributed by atoms with van der Waals surface area (Å²) in [6, 6.07) is 40.8. The lowest BCUT2D eigenvalue weighted by Crippen LogP contribution is -2.11. The molecule has 0 aromatic heterocycles. The van der Waals surface area contributed by atoms with Gasteiger partial charge >= 0.3 is 0 Å². The van der Waals surface area contributed by atoms with E-state index in [1.54, 1.807) is 14.2 Å². The van der Waals surface area contributed by atoms with Crippen LogP contribution < -0.4 is 14.4 Å². The molecule has 0 N–H and O–H groups in total. The molecule has 0 fully saturated rings. The highest BCUT2D eigenvalue weighted by Gasteiger charge is 2.28. The maximum atomic E-state index is 5.47. The van der Waals surface area contributed by atoms with Crippen LogP contribution in [0.1, 0.15) is 0 Å². The number of fused-ring (bicyclic) bond motifs is 5. The van der Waals surface area contributed by atoms with Gasteiger partial charge in [-0.05, 0) is 76.2 Å². The monoisotopic (exact) mass is 479 g/mol. The van der Waals surface area contributed by atoms with E-state index in [4.69, 9.17) is 9.47 Å². The fraction of sp³-hybridized carbons (Fsp3) is 0.0588. The predicted molar refractivity (Wildman–Crippen MR) is 154 cm³/mol. The molecule has 6 aromatic carbocycles. The average Bonchev–Trinajstić information content (AvgIpc) is 3.31. The minimum atomic E-state index is 0.833. The standard InChI is InChI=1S/C34H25NO2/c1-36-24-18-14-22(15-19-24)35(23-16-20-25(37-2)21-17-23)34-30-11-6-5-10-29(30)32-27-9-4-3-8-26(27)28-12-7-13-31(34)33(28)32/h3-21H,1-2H3. The van der Waals surface area contributed by atoms with Crippen molar-refractivity contribution in [2.24, 2.45) is 0 Å². The molecule has 0 heterocycles. The fourth-order valence-electron chi connectivity index (χ4n) is 5.76. The van der Waals surface area contributed by atoms with Gasteiger partial charge in [0.2, 0.25) is 0 Å². The molecule has 3 heteroatoms. The zero-order chi connectivity index (χ0) is 24.9. The lowest BCUT2D eigenvalue weighted by Gasteiger charge is -2.29. The zero-order valence-electron chi connectivity index (χ0n) is 20.7. The molecule has 0 radical (unpaired) electrons. The van der Waals surface area contributed by atoms with Gasteiger partial charge in [-0.3, -0.25) is 0 Å². The summed E-state index contributed by atoms with van der Waals surface area (Å²) in [7, 11) is 3.40. The summed E-state index contributed by atoms with van der Waals surface area (Å²) in [4.78, 5) is 2.35. The molecule has 0 spiro atoms. The molecule has 178 valence electrons. The quantitative estimate of drug-likeness (QED) is 0.230. The van der Waals surface area contributed by atoms with Crippen molar-refractivity contribution in [1.29, 1.82) is 0 Å². The number of ether oxygens (including phenoxy) is 2. The van der Waals surface area contributed by atoms with Gasteiger partial charge in [-0.15, -0.1) is 0 Å². The number of methoxy groups -OCH3 is 2. The van der Waals surface area contributed by atoms with Crippen LogP contribution in [-0.2, 0) is 0 Å². The highest BCUT2D eigenvalue weighted by molar-refractivity contribution is 6.29. The maximum absolute atomic E-state index is 5.47. The Bertz CT molecular complexity index is 1740. The van der Waals surface area contributed by atoms with Gasteiger partial charge in [0.1, 0.15) is 11.5 Å². The molecule has 37 heavy (non-hydrogen) atoms. The Hall–Kier alpha value is -4.76. The smallest absolute Gasteiger partial charge is 0.119 e. The van der Waals surface area contributed by atoms with Gasteiger partial charge in [0, 0.05) is 27.5 Å². The Morgan fingerprint density at radius 3 is 1.59 bits per heavy atom. The van der Waals surface area contributed by atoms with Gasteiger partial charge in [0.25, 0.3) is 0 Å². The van der Waals surface area contributed by atoms with Gasteiger partial charge in [0.15, 0.2) is 0 Å². The molecule has 0 atom stereocenters. The van der Waals surface area contributed by atoms with Crippen molar-refractivity contribution in [3.05, 3.63) is 115 Å². The van der Waals surface area contributed by atoms with E-state index in [9.17, 15) is 0 Å². The first kappa shape index (κ1) is 21.5. The molecule has 6 aromatic rings. The van der Waals surface area contributed by atoms with Crippen LogP contribution in [0.15, 0.2) is 115 Å². The van der Waals surface area contributed by atoms with Crippen LogP contribution in [0.2, 0.25) is 0 Å². The third kappa shape index (κ3) is 3.21. The van der Waals surface area contributed by atoms with E-state index in [0.29, 0.717) is 0 Å². The van der Waals surface area contributed by atoms with Gasteiger partial charge in [-0.1, -0.05) is 66.7 Å². The van der Waals surface area contributed by atoms with Crippen LogP contribution in [0.25, 0.3) is 43.8 Å². The molecular weight excluding hydrogens is 454 g/mol. The summed E-state index contributed by atoms with van der Waals surface area (Å²) in [5, 5.41) is 5.01. The van der Waals surface area contributed by atoms with Crippen molar-refractivity contribution in [3.63, 3.8) is 0 Å². The summed E-state index contributed by atoms with van der Waals surface area (Å²) >= 11 is 0. The Morgan fingerprint density at radius 1 is 0.459 bits per heavy atom. The Morgan fingerprint density at radius 2 is 0.973 bits per heavy atom. The molecule has 0 amide bonds. The highest BCUT2D eigenvalue weighted by atomic mass is 16.5. The van der Waals surface area contributed by atoms with Gasteiger partial charge in [0.05, 0.1) is 19.9 Å². The number of anilines is 3. The third-order valence-electron chi connectivity index (χ3n) is 7.39. The normalized spacial score (nSPS) is 11.5. The van der Waals surface area contributed by atoms with E-state index in [2.05, 4.69) is 95.9 Å². The lowest BCUT2D eigenvalue weighted by atomic mass is 9.93. The largest absolute Gasteiger partial charge is 0.497 e. The van der Waals surface area contributed by atoms with Gasteiger partial charge < -0.3 is 14.4 Å². The van der Waals surface area contributed by atoms with Crippen LogP contribution in [0, 0.1) is 0 Å². The predicted octanol–water partition coefficient (Wildman–Crippen LogP) is 9.13. The first-order chi connectivity index (χ1) is 18.3. The van der Waals surface area contributed by atoms with E-state index in [1.165, 1.54) is 49.5 Å². The van der Waals surface area contributed by atoms with E-state index in [0.717, 1.165) is 22.9 Å². The maximum Gasteiger partial charge on any atom is 0.119 e. The molecule has 0 saturated heterocycles. The highest BCUT2D eigenvalue weighted by Crippen LogP contribution is 2.55. The van der Waals surface area contributed by atoms with E-state index >= 15 is 0 Å². The molecule has 7 rings (SSSR count). The molecule has 1 aliphatic rings. The van der Waals surface area contributed by atoms with Crippen molar-refractivity contribution in [2.45, 2.75) is 0 Å². The van der Waals surface area contributed by atoms with Crippen molar-refractivity contribution in [1.82, 2.24) is 0 Å². The van der Waals surface area contributed by atoms with E-state index in [1.807, 2.05) is 24.3 Å². The van der Waals surface area contributed by atoms with Crippen LogP contribution in [-0.4, -0.2) is 14.2 Å². The second kappa shape index (κ2) is 8.42. The first-order valence-corrected chi connectivity index (χ1v) is 12.4. The fourth-order valence-corrected chi connectivity index (χ4v) is 5.76. The molecule has 0 aliphatic heterocycles. The van der Waals surface area contributed by atoms with Crippen molar-refractivity contribution in [2.75, 3.05) is 19.1 Å². The number of hydrogen-bond acceptors (Lipinski definition) is 3. The van der Waals surface area contributed by atoms with E-state index in [-0.39, 0.29) is 0 Å². The Kier molecular flexibility index (Phi) is 4.90. The average molecular weight is 480 g/mol. The minimum Gasteiger partial charge on any atom is -0.497 e. The summed E-state index contributed by atoms with van der Waals surface area (Å²) in [5.41, 5.74) is 8.51. The van der Waals surface area contributed by atoms with E-state index < -0.39 is 0 Å². The zero-order valence-corrected chi connectivity index (χ0v) is 20.7. The van der Waals surface area contributed by atoms with Crippen molar-refractivity contribution >= 4 is 38.6 Å². The van der Waals surface area contributed by atoms with Crippen molar-refractivity contribution in [3.8, 4) is 33.8 Å². The third-order valence-corrected chi connectivity index (χ3v) is 7.39. The summed E-state index contributed by atoms with van der Waals surface area (Å²) in [6.07, 6.45) is 0. The first-order valence-electron chi connectivity index (χ1n) is 12.4. The lowest BCUT2D eigenvalue weighted by molar-refractivity contribution is 0.415. The summed E-state index contributed by atoms with van der Waals surface area (Å²) in [6.45, 7) is 0. The molecule has 0 saturated carbocycles. The van der Waals surface area contributed by atoms with Crippen LogP contribution >= 0.6 is 0 Å². The number of rotatable bonds is 5. The number of benzene rings is 6. The topological polar surface area (TPSA) is 21.7 Å².